The van der Waals surface area contributed by atoms with Gasteiger partial charge in [0.1, 0.15) is 4.60 Å². The molecule has 2 rings (SSSR count). The lowest BCUT2D eigenvalue weighted by Crippen LogP contribution is -2.01. The quantitative estimate of drug-likeness (QED) is 0.802. The number of hydrogen-bond donors (Lipinski definition) is 0. The van der Waals surface area contributed by atoms with Crippen LogP contribution in [-0.2, 0) is 6.54 Å². The van der Waals surface area contributed by atoms with Crippen LogP contribution in [0.2, 0.25) is 0 Å². The van der Waals surface area contributed by atoms with E-state index >= 15 is 0 Å². The first-order valence-electron chi connectivity index (χ1n) is 4.49. The van der Waals surface area contributed by atoms with E-state index in [-0.39, 0.29) is 0 Å². The highest BCUT2D eigenvalue weighted by Crippen LogP contribution is 2.16. The van der Waals surface area contributed by atoms with Gasteiger partial charge in [-0.3, -0.25) is 4.68 Å². The van der Waals surface area contributed by atoms with Crippen molar-refractivity contribution >= 4 is 15.9 Å². The number of rotatable bonds is 2. The molecule has 0 radical (unpaired) electrons. The summed E-state index contributed by atoms with van der Waals surface area (Å²) in [6.07, 6.45) is 1.87. The van der Waals surface area contributed by atoms with Crippen LogP contribution in [0.3, 0.4) is 0 Å². The summed E-state index contributed by atoms with van der Waals surface area (Å²) in [5, 5.41) is 4.28. The van der Waals surface area contributed by atoms with Crippen molar-refractivity contribution in [2.75, 3.05) is 0 Å². The number of benzene rings is 1. The zero-order valence-corrected chi connectivity index (χ0v) is 9.53. The molecule has 0 unspecified atom stereocenters. The number of nitrogens with zero attached hydrogens (tertiary/aromatic N) is 2. The van der Waals surface area contributed by atoms with Gasteiger partial charge in [-0.05, 0) is 28.4 Å². The Hall–Kier alpha value is -1.09. The van der Waals surface area contributed by atoms with E-state index in [9.17, 15) is 0 Å². The lowest BCUT2D eigenvalue weighted by Gasteiger charge is -2.03. The highest BCUT2D eigenvalue weighted by molar-refractivity contribution is 9.10. The number of aromatic nitrogens is 2. The summed E-state index contributed by atoms with van der Waals surface area (Å²) in [7, 11) is 0. The topological polar surface area (TPSA) is 17.8 Å². The summed E-state index contributed by atoms with van der Waals surface area (Å²) in [5.41, 5.74) is 2.43. The molecule has 2 nitrogen and oxygen atoms in total. The fourth-order valence-electron chi connectivity index (χ4n) is 1.33. The molecule has 2 aromatic rings. The van der Waals surface area contributed by atoms with Crippen molar-refractivity contribution in [1.29, 1.82) is 0 Å². The average molecular weight is 251 g/mol. The second-order valence-electron chi connectivity index (χ2n) is 3.26. The molecule has 3 heteroatoms. The van der Waals surface area contributed by atoms with Gasteiger partial charge in [0.15, 0.2) is 0 Å². The smallest absolute Gasteiger partial charge is 0.107 e. The summed E-state index contributed by atoms with van der Waals surface area (Å²) in [5.74, 6) is 0. The predicted molar refractivity (Wildman–Crippen MR) is 60.2 cm³/mol. The lowest BCUT2D eigenvalue weighted by molar-refractivity contribution is 0.671. The molecule has 0 amide bonds. The standard InChI is InChI=1S/C11H11BrN2/c1-9-7-13-14(11(9)12)8-10-5-3-2-4-6-10/h2-7H,8H2,1H3. The molecule has 0 fully saturated rings. The second kappa shape index (κ2) is 3.96. The van der Waals surface area contributed by atoms with E-state index in [4.69, 9.17) is 0 Å². The Bertz CT molecular complexity index is 420. The van der Waals surface area contributed by atoms with Gasteiger partial charge < -0.3 is 0 Å². The number of halogens is 1. The SMILES string of the molecule is Cc1cnn(Cc2ccccc2)c1Br. The molecule has 72 valence electrons. The van der Waals surface area contributed by atoms with Crippen LogP contribution in [0.5, 0.6) is 0 Å². The molecule has 0 bridgehead atoms. The fraction of sp³-hybridized carbons (Fsp3) is 0.182. The van der Waals surface area contributed by atoms with Crippen LogP contribution in [-0.4, -0.2) is 9.78 Å². The third-order valence-electron chi connectivity index (χ3n) is 2.12. The minimum Gasteiger partial charge on any atom is -0.254 e. The van der Waals surface area contributed by atoms with Crippen molar-refractivity contribution < 1.29 is 0 Å². The lowest BCUT2D eigenvalue weighted by atomic mass is 10.2. The maximum Gasteiger partial charge on any atom is 0.107 e. The first-order chi connectivity index (χ1) is 6.77. The molecule has 0 atom stereocenters. The highest BCUT2D eigenvalue weighted by Gasteiger charge is 2.03. The summed E-state index contributed by atoms with van der Waals surface area (Å²) >= 11 is 3.51. The molecule has 0 spiro atoms. The summed E-state index contributed by atoms with van der Waals surface area (Å²) in [6, 6.07) is 10.3. The van der Waals surface area contributed by atoms with Crippen LogP contribution >= 0.6 is 15.9 Å². The molecule has 1 heterocycles. The largest absolute Gasteiger partial charge is 0.254 e. The van der Waals surface area contributed by atoms with Crippen LogP contribution < -0.4 is 0 Å². The van der Waals surface area contributed by atoms with Crippen molar-refractivity contribution in [2.45, 2.75) is 13.5 Å². The first-order valence-corrected chi connectivity index (χ1v) is 5.28. The minimum atomic E-state index is 0.815. The zero-order valence-electron chi connectivity index (χ0n) is 7.94. The average Bonchev–Trinajstić information content (AvgIpc) is 2.52. The number of hydrogen-bond acceptors (Lipinski definition) is 1. The van der Waals surface area contributed by atoms with Gasteiger partial charge >= 0.3 is 0 Å². The van der Waals surface area contributed by atoms with Gasteiger partial charge in [-0.1, -0.05) is 30.3 Å². The molecule has 1 aromatic heterocycles. The van der Waals surface area contributed by atoms with E-state index < -0.39 is 0 Å². The Labute approximate surface area is 91.7 Å². The van der Waals surface area contributed by atoms with E-state index in [2.05, 4.69) is 33.2 Å². The predicted octanol–water partition coefficient (Wildman–Crippen LogP) is 3.00. The van der Waals surface area contributed by atoms with E-state index in [1.807, 2.05) is 36.0 Å². The van der Waals surface area contributed by atoms with Gasteiger partial charge in [0.25, 0.3) is 0 Å². The monoisotopic (exact) mass is 250 g/mol. The molecule has 0 N–H and O–H groups in total. The molecule has 1 aromatic carbocycles. The fourth-order valence-corrected chi connectivity index (χ4v) is 1.65. The van der Waals surface area contributed by atoms with Crippen LogP contribution in [0.1, 0.15) is 11.1 Å². The Balaban J connectivity index is 2.23. The van der Waals surface area contributed by atoms with Crippen LogP contribution in [0.4, 0.5) is 0 Å². The van der Waals surface area contributed by atoms with Crippen molar-refractivity contribution in [3.8, 4) is 0 Å². The van der Waals surface area contributed by atoms with Gasteiger partial charge in [0.05, 0.1) is 12.7 Å². The highest BCUT2D eigenvalue weighted by atomic mass is 79.9. The summed E-state index contributed by atoms with van der Waals surface area (Å²) in [4.78, 5) is 0. The van der Waals surface area contributed by atoms with Crippen molar-refractivity contribution in [3.63, 3.8) is 0 Å². The molecular formula is C11H11BrN2. The van der Waals surface area contributed by atoms with E-state index in [0.717, 1.165) is 11.1 Å². The maximum absolute atomic E-state index is 4.28. The normalized spacial score (nSPS) is 10.4. The van der Waals surface area contributed by atoms with Gasteiger partial charge in [-0.2, -0.15) is 5.10 Å². The van der Waals surface area contributed by atoms with E-state index in [1.165, 1.54) is 11.1 Å². The van der Waals surface area contributed by atoms with Crippen molar-refractivity contribution in [2.24, 2.45) is 0 Å². The van der Waals surface area contributed by atoms with Crippen molar-refractivity contribution in [1.82, 2.24) is 9.78 Å². The molecule has 14 heavy (non-hydrogen) atoms. The van der Waals surface area contributed by atoms with Crippen molar-refractivity contribution in [3.05, 3.63) is 52.3 Å². The van der Waals surface area contributed by atoms with Crippen LogP contribution in [0.15, 0.2) is 41.1 Å². The third-order valence-corrected chi connectivity index (χ3v) is 3.15. The maximum atomic E-state index is 4.28. The zero-order chi connectivity index (χ0) is 9.97. The minimum absolute atomic E-state index is 0.815. The molecule has 0 aliphatic heterocycles. The Kier molecular flexibility index (Phi) is 2.68. The second-order valence-corrected chi connectivity index (χ2v) is 4.01. The molecule has 0 saturated heterocycles. The van der Waals surface area contributed by atoms with E-state index in [1.54, 1.807) is 0 Å². The van der Waals surface area contributed by atoms with Crippen LogP contribution in [0.25, 0.3) is 0 Å². The number of aryl methyl sites for hydroxylation is 1. The van der Waals surface area contributed by atoms with E-state index in [0.29, 0.717) is 0 Å². The Morgan fingerprint density at radius 3 is 2.57 bits per heavy atom. The van der Waals surface area contributed by atoms with Crippen LogP contribution in [0, 0.1) is 6.92 Å². The molecule has 0 aliphatic carbocycles. The Morgan fingerprint density at radius 2 is 2.00 bits per heavy atom. The Morgan fingerprint density at radius 1 is 1.29 bits per heavy atom. The molecular weight excluding hydrogens is 240 g/mol. The van der Waals surface area contributed by atoms with Gasteiger partial charge in [-0.25, -0.2) is 0 Å². The van der Waals surface area contributed by atoms with Gasteiger partial charge in [0.2, 0.25) is 0 Å². The summed E-state index contributed by atoms with van der Waals surface area (Å²) < 4.78 is 3.01. The van der Waals surface area contributed by atoms with Gasteiger partial charge in [-0.15, -0.1) is 0 Å². The summed E-state index contributed by atoms with van der Waals surface area (Å²) in [6.45, 7) is 2.86. The first kappa shape index (κ1) is 9.46. The molecule has 0 saturated carbocycles. The molecule has 0 aliphatic rings. The third kappa shape index (κ3) is 1.87. The van der Waals surface area contributed by atoms with Gasteiger partial charge in [0, 0.05) is 5.56 Å².